The summed E-state index contributed by atoms with van der Waals surface area (Å²) < 4.78 is 2.05. The third-order valence-corrected chi connectivity index (χ3v) is 11.6. The van der Waals surface area contributed by atoms with Crippen LogP contribution in [0.1, 0.15) is 78.7 Å². The van der Waals surface area contributed by atoms with Crippen molar-refractivity contribution >= 4 is 17.6 Å². The first kappa shape index (κ1) is 33.5. The lowest BCUT2D eigenvalue weighted by Crippen LogP contribution is -2.61. The van der Waals surface area contributed by atoms with Gasteiger partial charge in [0.05, 0.1) is 24.0 Å². The lowest BCUT2D eigenvalue weighted by atomic mass is 9.49. The monoisotopic (exact) mass is 670 g/mol. The normalized spacial score (nSPS) is 28.2. The molecule has 1 spiro atoms. The Morgan fingerprint density at radius 1 is 1.04 bits per heavy atom. The van der Waals surface area contributed by atoms with Crippen molar-refractivity contribution in [3.05, 3.63) is 42.7 Å². The molecule has 262 valence electrons. The summed E-state index contributed by atoms with van der Waals surface area (Å²) in [6.45, 7) is 10.3. The lowest BCUT2D eigenvalue weighted by Gasteiger charge is -2.60. The number of nitrogens with zero attached hydrogens (tertiary/aromatic N) is 6. The number of amides is 2. The third kappa shape index (κ3) is 6.52. The van der Waals surface area contributed by atoms with Crippen molar-refractivity contribution in [1.82, 2.24) is 35.1 Å². The molecule has 4 aliphatic rings. The number of piperidine rings is 1. The van der Waals surface area contributed by atoms with Gasteiger partial charge in [-0.15, -0.1) is 10.2 Å². The number of rotatable bonds is 7. The number of hydrogen-bond donors (Lipinski definition) is 4. The van der Waals surface area contributed by atoms with E-state index in [4.69, 9.17) is 10.8 Å². The number of benzene rings is 1. The predicted molar refractivity (Wildman–Crippen MR) is 186 cm³/mol. The quantitative estimate of drug-likeness (QED) is 0.291. The number of hydrogen-bond acceptors (Lipinski definition) is 9. The number of likely N-dealkylation sites (tertiary alicyclic amines) is 2. The fraction of sp³-hybridized carbons (Fsp3) is 0.595. The number of carbonyl (C=O) groups excluding carboxylic acids is 2. The van der Waals surface area contributed by atoms with E-state index in [0.29, 0.717) is 42.1 Å². The number of nitrogens with one attached hydrogen (secondary N) is 1. The summed E-state index contributed by atoms with van der Waals surface area (Å²) in [6.07, 6.45) is 10.0. The number of anilines is 1. The van der Waals surface area contributed by atoms with E-state index in [2.05, 4.69) is 20.4 Å². The summed E-state index contributed by atoms with van der Waals surface area (Å²) in [5.41, 5.74) is 8.82. The predicted octanol–water partition coefficient (Wildman–Crippen LogP) is 4.00. The molecule has 0 radical (unpaired) electrons. The first-order chi connectivity index (χ1) is 23.3. The van der Waals surface area contributed by atoms with Crippen LogP contribution in [0.5, 0.6) is 5.75 Å². The number of aliphatic hydroxyl groups is 1. The van der Waals surface area contributed by atoms with E-state index in [1.807, 2.05) is 56.9 Å². The Labute approximate surface area is 288 Å². The molecule has 4 fully saturated rings. The van der Waals surface area contributed by atoms with Crippen molar-refractivity contribution < 1.29 is 19.8 Å². The molecule has 2 saturated heterocycles. The Morgan fingerprint density at radius 2 is 1.76 bits per heavy atom. The number of nitrogen functional groups attached to an aromatic ring is 1. The summed E-state index contributed by atoms with van der Waals surface area (Å²) in [5, 5.41) is 36.6. The van der Waals surface area contributed by atoms with Gasteiger partial charge < -0.3 is 31.1 Å². The number of para-hydroxylation sites is 1. The van der Waals surface area contributed by atoms with Gasteiger partial charge in [-0.1, -0.05) is 32.9 Å². The molecule has 2 aliphatic carbocycles. The molecular weight excluding hydrogens is 620 g/mol. The summed E-state index contributed by atoms with van der Waals surface area (Å²) in [5.74, 6) is 0.326. The smallest absolute Gasteiger partial charge is 0.246 e. The van der Waals surface area contributed by atoms with Gasteiger partial charge in [-0.05, 0) is 80.9 Å². The third-order valence-electron chi connectivity index (χ3n) is 11.6. The van der Waals surface area contributed by atoms with Crippen LogP contribution in [0, 0.1) is 16.7 Å². The number of aliphatic hydroxyl groups excluding tert-OH is 1. The number of phenols is 1. The molecule has 4 heterocycles. The number of nitrogens with two attached hydrogens (primary N) is 1. The molecule has 12 nitrogen and oxygen atoms in total. The van der Waals surface area contributed by atoms with Gasteiger partial charge in [-0.2, -0.15) is 5.10 Å². The molecule has 0 unspecified atom stereocenters. The SMILES string of the molecule is C[C@@H]1C[C@@H](O)CN1C(=O)[C@@H](NC(=O)[C@H]1CC2(C1)C[C@H](N1CCC(n3cc(-c4cc(-c5ccccc5O)nnc4N)cn3)CC1)C2)C(C)(C)C. The molecule has 1 aromatic carbocycles. The second kappa shape index (κ2) is 12.7. The van der Waals surface area contributed by atoms with Crippen molar-refractivity contribution in [2.24, 2.45) is 16.7 Å². The molecule has 2 aliphatic heterocycles. The maximum Gasteiger partial charge on any atom is 0.246 e. The summed E-state index contributed by atoms with van der Waals surface area (Å²) in [7, 11) is 0. The largest absolute Gasteiger partial charge is 0.507 e. The fourth-order valence-electron chi connectivity index (χ4n) is 8.73. The van der Waals surface area contributed by atoms with Gasteiger partial charge in [0.15, 0.2) is 5.82 Å². The van der Waals surface area contributed by atoms with E-state index in [-0.39, 0.29) is 34.9 Å². The van der Waals surface area contributed by atoms with Crippen molar-refractivity contribution in [2.75, 3.05) is 25.4 Å². The molecule has 2 aromatic heterocycles. The van der Waals surface area contributed by atoms with Gasteiger partial charge in [0.2, 0.25) is 11.8 Å². The number of aromatic hydroxyl groups is 1. The second-order valence-electron chi connectivity index (χ2n) is 16.2. The Bertz CT molecular complexity index is 1700. The zero-order valence-corrected chi connectivity index (χ0v) is 29.0. The van der Waals surface area contributed by atoms with E-state index in [0.717, 1.165) is 62.7 Å². The van der Waals surface area contributed by atoms with Crippen LogP contribution in [0.25, 0.3) is 22.4 Å². The lowest BCUT2D eigenvalue weighted by molar-refractivity contribution is -0.149. The minimum absolute atomic E-state index is 0.00658. The molecule has 12 heteroatoms. The van der Waals surface area contributed by atoms with E-state index in [1.54, 1.807) is 23.1 Å². The average Bonchev–Trinajstić information content (AvgIpc) is 3.64. The van der Waals surface area contributed by atoms with Crippen LogP contribution in [0.4, 0.5) is 5.82 Å². The summed E-state index contributed by atoms with van der Waals surface area (Å²) in [6, 6.07) is 9.12. The zero-order chi connectivity index (χ0) is 34.7. The van der Waals surface area contributed by atoms with E-state index < -0.39 is 17.6 Å². The first-order valence-corrected chi connectivity index (χ1v) is 17.8. The van der Waals surface area contributed by atoms with E-state index in [1.165, 1.54) is 0 Å². The van der Waals surface area contributed by atoms with Crippen LogP contribution in [0.15, 0.2) is 42.7 Å². The molecule has 2 saturated carbocycles. The van der Waals surface area contributed by atoms with Gasteiger partial charge in [0.1, 0.15) is 11.8 Å². The topological polar surface area (TPSA) is 163 Å². The highest BCUT2D eigenvalue weighted by Gasteiger charge is 2.56. The fourth-order valence-corrected chi connectivity index (χ4v) is 8.73. The maximum absolute atomic E-state index is 13.5. The second-order valence-corrected chi connectivity index (χ2v) is 16.2. The molecule has 7 rings (SSSR count). The Balaban J connectivity index is 0.893. The van der Waals surface area contributed by atoms with E-state index >= 15 is 0 Å². The minimum Gasteiger partial charge on any atom is -0.507 e. The standard InChI is InChI=1S/C37H50N8O4/c1-22-13-27(46)21-44(22)35(49)32(36(2,3)4)40-34(48)23-15-37(16-23)17-26(18-37)43-11-9-25(10-12-43)45-20-24(19-39-45)29-14-30(41-42-33(29)38)28-7-5-6-8-31(28)47/h5-8,14,19-20,22-23,25-27,32,46-47H,9-13,15-18,21H2,1-4H3,(H2,38,42)(H,40,48)/t22-,23-,26-,27-,32-,37?/m1/s1. The van der Waals surface area contributed by atoms with Crippen LogP contribution in [-0.4, -0.2) is 95.7 Å². The molecule has 3 atom stereocenters. The highest BCUT2D eigenvalue weighted by Crippen LogP contribution is 2.60. The number of β-amino-alcohol motifs (C(OH)–C–C–N with tert-alkyl or cyclic N) is 1. The minimum atomic E-state index is -0.606. The highest BCUT2D eigenvalue weighted by molar-refractivity contribution is 5.90. The summed E-state index contributed by atoms with van der Waals surface area (Å²) in [4.78, 5) is 31.2. The van der Waals surface area contributed by atoms with Crippen molar-refractivity contribution in [3.8, 4) is 28.1 Å². The Kier molecular flexibility index (Phi) is 8.67. The van der Waals surface area contributed by atoms with Crippen molar-refractivity contribution in [3.63, 3.8) is 0 Å². The van der Waals surface area contributed by atoms with Crippen molar-refractivity contribution in [1.29, 1.82) is 0 Å². The van der Waals surface area contributed by atoms with Crippen LogP contribution >= 0.6 is 0 Å². The molecule has 0 bridgehead atoms. The number of aromatic nitrogens is 4. The Morgan fingerprint density at radius 3 is 2.41 bits per heavy atom. The molecule has 2 amide bonds. The maximum atomic E-state index is 13.5. The van der Waals surface area contributed by atoms with Crippen LogP contribution in [0.2, 0.25) is 0 Å². The van der Waals surface area contributed by atoms with Crippen LogP contribution < -0.4 is 11.1 Å². The van der Waals surface area contributed by atoms with Gasteiger partial charge in [0, 0.05) is 60.5 Å². The zero-order valence-electron chi connectivity index (χ0n) is 29.0. The molecular formula is C37H50N8O4. The summed E-state index contributed by atoms with van der Waals surface area (Å²) >= 11 is 0. The van der Waals surface area contributed by atoms with Gasteiger partial charge in [-0.25, -0.2) is 0 Å². The van der Waals surface area contributed by atoms with Gasteiger partial charge in [-0.3, -0.25) is 14.3 Å². The Hall–Kier alpha value is -4.03. The molecule has 3 aromatic rings. The first-order valence-electron chi connectivity index (χ1n) is 17.8. The molecule has 5 N–H and O–H groups in total. The molecule has 49 heavy (non-hydrogen) atoms. The van der Waals surface area contributed by atoms with Crippen molar-refractivity contribution in [2.45, 2.75) is 103 Å². The highest BCUT2D eigenvalue weighted by atomic mass is 16.3. The van der Waals surface area contributed by atoms with Gasteiger partial charge in [0.25, 0.3) is 0 Å². The van der Waals surface area contributed by atoms with Gasteiger partial charge >= 0.3 is 0 Å². The van der Waals surface area contributed by atoms with Crippen LogP contribution in [0.3, 0.4) is 0 Å². The van der Waals surface area contributed by atoms with E-state index in [9.17, 15) is 19.8 Å². The average molecular weight is 671 g/mol. The number of phenolic OH excluding ortho intramolecular Hbond substituents is 1. The van der Waals surface area contributed by atoms with Crippen LogP contribution in [-0.2, 0) is 9.59 Å². The number of carbonyl (C=O) groups is 2.